The maximum Gasteiger partial charge on any atom is 0.335 e. The third-order valence-corrected chi connectivity index (χ3v) is 5.18. The molecule has 0 unspecified atom stereocenters. The van der Waals surface area contributed by atoms with Gasteiger partial charge in [0.1, 0.15) is 0 Å². The summed E-state index contributed by atoms with van der Waals surface area (Å²) < 4.78 is 0. The molecule has 1 aliphatic rings. The molecule has 0 bridgehead atoms. The molecule has 1 amide bonds. The van der Waals surface area contributed by atoms with Gasteiger partial charge in [-0.25, -0.2) is 9.79 Å². The van der Waals surface area contributed by atoms with E-state index in [0.717, 1.165) is 4.88 Å². The van der Waals surface area contributed by atoms with Crippen molar-refractivity contribution in [1.29, 1.82) is 0 Å². The number of carbonyl (C=O) groups is 2. The molecule has 25 heavy (non-hydrogen) atoms. The smallest absolute Gasteiger partial charge is 0.335 e. The molecular formula is C18H14N2O3S2. The third kappa shape index (κ3) is 3.89. The lowest BCUT2D eigenvalue weighted by molar-refractivity contribution is -0.121. The minimum Gasteiger partial charge on any atom is -0.478 e. The molecule has 5 nitrogen and oxygen atoms in total. The zero-order chi connectivity index (χ0) is 17.8. The van der Waals surface area contributed by atoms with Gasteiger partial charge in [-0.1, -0.05) is 12.1 Å². The molecule has 126 valence electrons. The van der Waals surface area contributed by atoms with E-state index in [4.69, 9.17) is 5.11 Å². The van der Waals surface area contributed by atoms with Gasteiger partial charge in [0.15, 0.2) is 5.17 Å². The number of carbonyl (C=O) groups excluding carboxylic acids is 1. The lowest BCUT2D eigenvalue weighted by Gasteiger charge is -2.12. The van der Waals surface area contributed by atoms with E-state index in [9.17, 15) is 9.59 Å². The van der Waals surface area contributed by atoms with Crippen molar-refractivity contribution in [3.05, 3.63) is 69.8 Å². The van der Waals surface area contributed by atoms with Crippen molar-refractivity contribution in [2.75, 3.05) is 6.54 Å². The second kappa shape index (κ2) is 7.50. The van der Waals surface area contributed by atoms with Gasteiger partial charge in [0.05, 0.1) is 16.2 Å². The van der Waals surface area contributed by atoms with Gasteiger partial charge in [-0.2, -0.15) is 0 Å². The molecule has 0 aliphatic carbocycles. The maximum atomic E-state index is 12.6. The van der Waals surface area contributed by atoms with E-state index in [0.29, 0.717) is 22.3 Å². The number of amides is 1. The number of amidine groups is 1. The molecule has 0 saturated carbocycles. The average Bonchev–Trinajstić information content (AvgIpc) is 3.20. The number of aromatic carboxylic acids is 1. The monoisotopic (exact) mass is 370 g/mol. The Morgan fingerprint density at radius 1 is 1.28 bits per heavy atom. The van der Waals surface area contributed by atoms with Crippen LogP contribution in [-0.2, 0) is 4.79 Å². The van der Waals surface area contributed by atoms with Crippen LogP contribution in [0.15, 0.2) is 64.3 Å². The van der Waals surface area contributed by atoms with Crippen LogP contribution in [0.2, 0.25) is 0 Å². The number of hydrogen-bond acceptors (Lipinski definition) is 5. The molecule has 1 aliphatic heterocycles. The number of thioether (sulfide) groups is 1. The second-order valence-corrected chi connectivity index (χ2v) is 7.07. The number of hydrogen-bond donors (Lipinski definition) is 1. The maximum absolute atomic E-state index is 12.6. The van der Waals surface area contributed by atoms with Crippen molar-refractivity contribution in [2.45, 2.75) is 0 Å². The fourth-order valence-electron chi connectivity index (χ4n) is 2.17. The fraction of sp³-hybridized carbons (Fsp3) is 0.0556. The minimum atomic E-state index is -0.987. The molecule has 0 radical (unpaired) electrons. The van der Waals surface area contributed by atoms with E-state index in [1.165, 1.54) is 23.9 Å². The van der Waals surface area contributed by atoms with Crippen LogP contribution in [0.25, 0.3) is 6.08 Å². The van der Waals surface area contributed by atoms with Crippen LogP contribution in [0, 0.1) is 0 Å². The van der Waals surface area contributed by atoms with Gasteiger partial charge < -0.3 is 5.11 Å². The molecule has 1 aromatic carbocycles. The Kier molecular flexibility index (Phi) is 5.16. The molecule has 0 atom stereocenters. The van der Waals surface area contributed by atoms with Crippen molar-refractivity contribution in [3.8, 4) is 0 Å². The normalized spacial score (nSPS) is 17.4. The molecule has 2 aromatic rings. The molecule has 0 spiro atoms. The van der Waals surface area contributed by atoms with E-state index >= 15 is 0 Å². The summed E-state index contributed by atoms with van der Waals surface area (Å²) >= 11 is 2.86. The lowest BCUT2D eigenvalue weighted by Crippen LogP contribution is -2.29. The molecule has 7 heteroatoms. The standard InChI is InChI=1S/C18H14N2O3S2/c1-2-9-20-16(21)15(11-14-4-3-10-24-14)25-18(20)19-13-7-5-12(6-8-13)17(22)23/h2-8,10-11H,1,9H2,(H,22,23)/b15-11-,19-18?. The van der Waals surface area contributed by atoms with Crippen LogP contribution in [0.3, 0.4) is 0 Å². The highest BCUT2D eigenvalue weighted by Gasteiger charge is 2.32. The van der Waals surface area contributed by atoms with Crippen molar-refractivity contribution in [1.82, 2.24) is 4.90 Å². The Morgan fingerprint density at radius 2 is 2.04 bits per heavy atom. The number of carboxylic acid groups (broad SMARTS) is 1. The first kappa shape index (κ1) is 17.2. The topological polar surface area (TPSA) is 70.0 Å². The number of nitrogens with zero attached hydrogens (tertiary/aromatic N) is 2. The van der Waals surface area contributed by atoms with Crippen molar-refractivity contribution in [2.24, 2.45) is 4.99 Å². The minimum absolute atomic E-state index is 0.112. The van der Waals surface area contributed by atoms with Crippen molar-refractivity contribution in [3.63, 3.8) is 0 Å². The van der Waals surface area contributed by atoms with Crippen molar-refractivity contribution >= 4 is 51.9 Å². The first-order valence-corrected chi connectivity index (χ1v) is 9.06. The highest BCUT2D eigenvalue weighted by Crippen LogP contribution is 2.34. The Labute approximate surface area is 153 Å². The summed E-state index contributed by atoms with van der Waals surface area (Å²) in [6.45, 7) is 4.05. The number of carboxylic acids is 1. The summed E-state index contributed by atoms with van der Waals surface area (Å²) in [5.74, 6) is -1.10. The Bertz CT molecular complexity index is 868. The average molecular weight is 370 g/mol. The summed E-state index contributed by atoms with van der Waals surface area (Å²) in [5.41, 5.74) is 0.784. The van der Waals surface area contributed by atoms with Crippen molar-refractivity contribution < 1.29 is 14.7 Å². The number of thiophene rings is 1. The molecule has 1 N–H and O–H groups in total. The Morgan fingerprint density at radius 3 is 2.64 bits per heavy atom. The van der Waals surface area contributed by atoms with Gasteiger partial charge in [-0.3, -0.25) is 9.69 Å². The molecule has 1 aromatic heterocycles. The lowest BCUT2D eigenvalue weighted by atomic mass is 10.2. The zero-order valence-electron chi connectivity index (χ0n) is 13.1. The molecular weight excluding hydrogens is 356 g/mol. The van der Waals surface area contributed by atoms with E-state index in [2.05, 4.69) is 11.6 Å². The Balaban J connectivity index is 1.91. The third-order valence-electron chi connectivity index (χ3n) is 3.36. The number of aliphatic imine (C=N–C) groups is 1. The van der Waals surface area contributed by atoms with E-state index in [-0.39, 0.29) is 11.5 Å². The second-order valence-electron chi connectivity index (χ2n) is 5.08. The van der Waals surface area contributed by atoms with Crippen LogP contribution in [0.5, 0.6) is 0 Å². The molecule has 2 heterocycles. The zero-order valence-corrected chi connectivity index (χ0v) is 14.7. The van der Waals surface area contributed by atoms with Gasteiger partial charge >= 0.3 is 5.97 Å². The van der Waals surface area contributed by atoms with Gasteiger partial charge in [0.2, 0.25) is 0 Å². The summed E-state index contributed by atoms with van der Waals surface area (Å²) in [6.07, 6.45) is 3.50. The summed E-state index contributed by atoms with van der Waals surface area (Å²) in [6, 6.07) is 10.1. The van der Waals surface area contributed by atoms with Crippen LogP contribution in [-0.4, -0.2) is 33.6 Å². The van der Waals surface area contributed by atoms with Crippen LogP contribution < -0.4 is 0 Å². The largest absolute Gasteiger partial charge is 0.478 e. The number of rotatable bonds is 5. The number of benzene rings is 1. The first-order chi connectivity index (χ1) is 12.1. The molecule has 3 rings (SSSR count). The summed E-state index contributed by atoms with van der Waals surface area (Å²) in [7, 11) is 0. The quantitative estimate of drug-likeness (QED) is 0.631. The fourth-order valence-corrected chi connectivity index (χ4v) is 3.90. The van der Waals surface area contributed by atoms with Crippen LogP contribution in [0.1, 0.15) is 15.2 Å². The van der Waals surface area contributed by atoms with Gasteiger partial charge in [0.25, 0.3) is 5.91 Å². The molecule has 1 fully saturated rings. The highest BCUT2D eigenvalue weighted by atomic mass is 32.2. The highest BCUT2D eigenvalue weighted by molar-refractivity contribution is 8.18. The van der Waals surface area contributed by atoms with Gasteiger partial charge in [0, 0.05) is 11.4 Å². The summed E-state index contributed by atoms with van der Waals surface area (Å²) in [5, 5.41) is 11.5. The van der Waals surface area contributed by atoms with Gasteiger partial charge in [-0.05, 0) is 53.5 Å². The van der Waals surface area contributed by atoms with E-state index in [1.54, 1.807) is 34.4 Å². The predicted octanol–water partition coefficient (Wildman–Crippen LogP) is 4.24. The Hall–Kier alpha value is -2.64. The molecule has 1 saturated heterocycles. The first-order valence-electron chi connectivity index (χ1n) is 7.36. The van der Waals surface area contributed by atoms with E-state index < -0.39 is 5.97 Å². The van der Waals surface area contributed by atoms with Gasteiger partial charge in [-0.15, -0.1) is 17.9 Å². The summed E-state index contributed by atoms with van der Waals surface area (Å²) in [4.78, 5) is 31.2. The predicted molar refractivity (Wildman–Crippen MR) is 102 cm³/mol. The van der Waals surface area contributed by atoms with E-state index in [1.807, 2.05) is 23.6 Å². The SMILES string of the molecule is C=CCN1C(=O)/C(=C/c2cccs2)SC1=Nc1ccc(C(=O)O)cc1. The van der Waals surface area contributed by atoms with Crippen LogP contribution >= 0.6 is 23.1 Å². The van der Waals surface area contributed by atoms with Crippen LogP contribution in [0.4, 0.5) is 5.69 Å².